The van der Waals surface area contributed by atoms with Crippen molar-refractivity contribution in [3.63, 3.8) is 0 Å². The standard InChI is InChI=1S/C11H13NO3S/c1-10(16-2)9(14)12(7-3-4-7)11(10)6-5-8(13)15-11/h5-7H,3-4H2,1-2H3/t10-,11-/m0/s1. The van der Waals surface area contributed by atoms with Crippen LogP contribution in [0.1, 0.15) is 19.8 Å². The number of thioether (sulfide) groups is 1. The molecule has 86 valence electrons. The Bertz CT molecular complexity index is 417. The molecule has 1 amide bonds. The van der Waals surface area contributed by atoms with Gasteiger partial charge >= 0.3 is 5.97 Å². The molecule has 1 spiro atoms. The number of carbonyl (C=O) groups excluding carboxylic acids is 2. The number of amides is 1. The van der Waals surface area contributed by atoms with E-state index in [1.165, 1.54) is 17.8 Å². The van der Waals surface area contributed by atoms with Gasteiger partial charge in [0.25, 0.3) is 0 Å². The quantitative estimate of drug-likeness (QED) is 0.531. The summed E-state index contributed by atoms with van der Waals surface area (Å²) in [5, 5.41) is 0. The maximum Gasteiger partial charge on any atom is 0.333 e. The molecule has 4 nitrogen and oxygen atoms in total. The van der Waals surface area contributed by atoms with Crippen molar-refractivity contribution >= 4 is 23.6 Å². The highest BCUT2D eigenvalue weighted by atomic mass is 32.2. The van der Waals surface area contributed by atoms with Crippen LogP contribution >= 0.6 is 11.8 Å². The third-order valence-electron chi connectivity index (χ3n) is 3.69. The maximum atomic E-state index is 12.1. The van der Waals surface area contributed by atoms with E-state index in [2.05, 4.69) is 0 Å². The zero-order valence-electron chi connectivity index (χ0n) is 9.23. The lowest BCUT2D eigenvalue weighted by atomic mass is 9.83. The van der Waals surface area contributed by atoms with Gasteiger partial charge in [0, 0.05) is 12.1 Å². The van der Waals surface area contributed by atoms with Crippen LogP contribution < -0.4 is 0 Å². The smallest absolute Gasteiger partial charge is 0.333 e. The molecule has 5 heteroatoms. The number of carbonyl (C=O) groups is 2. The van der Waals surface area contributed by atoms with Crippen LogP contribution in [0.3, 0.4) is 0 Å². The highest BCUT2D eigenvalue weighted by molar-refractivity contribution is 8.00. The SMILES string of the molecule is CS[C@@]1(C)C(=O)N(C2CC2)[C@]12C=CC(=O)O2. The summed E-state index contributed by atoms with van der Waals surface area (Å²) in [6, 6.07) is 0.267. The van der Waals surface area contributed by atoms with E-state index in [0.717, 1.165) is 12.8 Å². The van der Waals surface area contributed by atoms with Crippen molar-refractivity contribution in [2.45, 2.75) is 36.3 Å². The number of esters is 1. The lowest BCUT2D eigenvalue weighted by molar-refractivity contribution is -0.208. The molecule has 3 aliphatic rings. The van der Waals surface area contributed by atoms with Gasteiger partial charge in [0.2, 0.25) is 11.6 Å². The topological polar surface area (TPSA) is 46.6 Å². The highest BCUT2D eigenvalue weighted by Gasteiger charge is 2.74. The Hall–Kier alpha value is -0.970. The first kappa shape index (κ1) is 10.2. The van der Waals surface area contributed by atoms with Gasteiger partial charge in [-0.25, -0.2) is 4.79 Å². The average molecular weight is 239 g/mol. The van der Waals surface area contributed by atoms with E-state index in [1.807, 2.05) is 13.2 Å². The molecule has 2 fully saturated rings. The van der Waals surface area contributed by atoms with Crippen LogP contribution in [0.5, 0.6) is 0 Å². The Morgan fingerprint density at radius 1 is 1.50 bits per heavy atom. The number of β-lactam (4-membered cyclic amide) rings is 1. The third kappa shape index (κ3) is 0.930. The summed E-state index contributed by atoms with van der Waals surface area (Å²) in [5.41, 5.74) is -0.818. The van der Waals surface area contributed by atoms with Gasteiger partial charge in [-0.1, -0.05) is 0 Å². The van der Waals surface area contributed by atoms with Gasteiger partial charge in [-0.05, 0) is 32.1 Å². The first-order chi connectivity index (χ1) is 7.55. The van der Waals surface area contributed by atoms with E-state index >= 15 is 0 Å². The molecule has 1 saturated carbocycles. The molecule has 3 rings (SSSR count). The normalized spacial score (nSPS) is 41.5. The van der Waals surface area contributed by atoms with Crippen LogP contribution in [0.15, 0.2) is 12.2 Å². The van der Waals surface area contributed by atoms with Crippen molar-refractivity contribution < 1.29 is 14.3 Å². The largest absolute Gasteiger partial charge is 0.430 e. The molecule has 1 aliphatic carbocycles. The third-order valence-corrected chi connectivity index (χ3v) is 4.97. The summed E-state index contributed by atoms with van der Waals surface area (Å²) in [7, 11) is 0. The fourth-order valence-electron chi connectivity index (χ4n) is 2.50. The first-order valence-electron chi connectivity index (χ1n) is 5.36. The summed E-state index contributed by atoms with van der Waals surface area (Å²) < 4.78 is 4.76. The van der Waals surface area contributed by atoms with Gasteiger partial charge < -0.3 is 4.74 Å². The molecule has 2 heterocycles. The molecule has 0 radical (unpaired) electrons. The predicted molar refractivity (Wildman–Crippen MR) is 59.8 cm³/mol. The number of likely N-dealkylation sites (tertiary alicyclic amines) is 1. The summed E-state index contributed by atoms with van der Waals surface area (Å²) in [6.07, 6.45) is 7.08. The predicted octanol–water partition coefficient (Wildman–Crippen LogP) is 0.922. The highest BCUT2D eigenvalue weighted by Crippen LogP contribution is 2.56. The second kappa shape index (κ2) is 2.83. The van der Waals surface area contributed by atoms with Gasteiger partial charge in [-0.3, -0.25) is 9.69 Å². The lowest BCUT2D eigenvalue weighted by Gasteiger charge is -2.58. The van der Waals surface area contributed by atoms with Gasteiger partial charge in [0.1, 0.15) is 0 Å². The van der Waals surface area contributed by atoms with Gasteiger partial charge in [0.05, 0.1) is 0 Å². The molecule has 0 unspecified atom stereocenters. The second-order valence-electron chi connectivity index (χ2n) is 4.59. The molecule has 0 aromatic rings. The van der Waals surface area contributed by atoms with Crippen molar-refractivity contribution in [1.29, 1.82) is 0 Å². The number of rotatable bonds is 2. The fraction of sp³-hybridized carbons (Fsp3) is 0.636. The zero-order chi connectivity index (χ0) is 11.6. The van der Waals surface area contributed by atoms with E-state index in [4.69, 9.17) is 4.74 Å². The van der Waals surface area contributed by atoms with Crippen molar-refractivity contribution in [2.75, 3.05) is 6.26 Å². The van der Waals surface area contributed by atoms with Gasteiger partial charge in [-0.15, -0.1) is 11.8 Å². The Labute approximate surface area is 98.0 Å². The molecule has 2 aliphatic heterocycles. The minimum Gasteiger partial charge on any atom is -0.430 e. The lowest BCUT2D eigenvalue weighted by Crippen LogP contribution is -2.79. The first-order valence-corrected chi connectivity index (χ1v) is 6.59. The molecule has 0 N–H and O–H groups in total. The van der Waals surface area contributed by atoms with E-state index in [1.54, 1.807) is 11.0 Å². The summed E-state index contributed by atoms with van der Waals surface area (Å²) in [5.74, 6) is -0.264. The van der Waals surface area contributed by atoms with Crippen molar-refractivity contribution in [3.05, 3.63) is 12.2 Å². The Kier molecular flexibility index (Phi) is 1.80. The number of ether oxygens (including phenoxy) is 1. The Morgan fingerprint density at radius 3 is 2.62 bits per heavy atom. The minimum atomic E-state index is -0.818. The Balaban J connectivity index is 2.01. The maximum absolute atomic E-state index is 12.1. The zero-order valence-corrected chi connectivity index (χ0v) is 10.0. The van der Waals surface area contributed by atoms with Gasteiger partial charge in [0.15, 0.2) is 4.75 Å². The van der Waals surface area contributed by atoms with Gasteiger partial charge in [-0.2, -0.15) is 0 Å². The Morgan fingerprint density at radius 2 is 2.19 bits per heavy atom. The van der Waals surface area contributed by atoms with Crippen LogP contribution in [-0.2, 0) is 14.3 Å². The monoisotopic (exact) mass is 239 g/mol. The van der Waals surface area contributed by atoms with E-state index in [9.17, 15) is 9.59 Å². The van der Waals surface area contributed by atoms with E-state index in [-0.39, 0.29) is 17.9 Å². The molecule has 0 aromatic heterocycles. The van der Waals surface area contributed by atoms with Crippen molar-refractivity contribution in [1.82, 2.24) is 4.90 Å². The van der Waals surface area contributed by atoms with Crippen LogP contribution in [0.2, 0.25) is 0 Å². The van der Waals surface area contributed by atoms with E-state index < -0.39 is 10.5 Å². The number of hydrogen-bond donors (Lipinski definition) is 0. The van der Waals surface area contributed by atoms with Crippen molar-refractivity contribution in [2.24, 2.45) is 0 Å². The fourth-order valence-corrected chi connectivity index (χ4v) is 3.28. The number of hydrogen-bond acceptors (Lipinski definition) is 4. The average Bonchev–Trinajstić information content (AvgIpc) is 3.01. The molecule has 16 heavy (non-hydrogen) atoms. The molecule has 2 atom stereocenters. The van der Waals surface area contributed by atoms with E-state index in [0.29, 0.717) is 0 Å². The van der Waals surface area contributed by atoms with Crippen LogP contribution in [0.25, 0.3) is 0 Å². The summed E-state index contributed by atoms with van der Waals surface area (Å²) in [4.78, 5) is 25.2. The second-order valence-corrected chi connectivity index (χ2v) is 5.82. The molecule has 1 saturated heterocycles. The number of nitrogens with zero attached hydrogens (tertiary/aromatic N) is 1. The van der Waals surface area contributed by atoms with Crippen LogP contribution in [0, 0.1) is 0 Å². The molecular formula is C11H13NO3S. The van der Waals surface area contributed by atoms with Crippen LogP contribution in [0.4, 0.5) is 0 Å². The minimum absolute atomic E-state index is 0.0850. The summed E-state index contributed by atoms with van der Waals surface area (Å²) >= 11 is 1.45. The molecule has 0 bridgehead atoms. The molecular weight excluding hydrogens is 226 g/mol. The molecule has 0 aromatic carbocycles. The summed E-state index contributed by atoms with van der Waals surface area (Å²) in [6.45, 7) is 1.85. The van der Waals surface area contributed by atoms with Crippen molar-refractivity contribution in [3.8, 4) is 0 Å². The van der Waals surface area contributed by atoms with Crippen LogP contribution in [-0.4, -0.2) is 39.5 Å².